The zero-order valence-electron chi connectivity index (χ0n) is 10.6. The Hall–Kier alpha value is -2.56. The number of carbonyl (C=O) groups excluding carboxylic acids is 1. The summed E-state index contributed by atoms with van der Waals surface area (Å²) in [6.45, 7) is 2.43. The number of aryl methyl sites for hydroxylation is 1. The minimum atomic E-state index is -0.235. The van der Waals surface area contributed by atoms with Gasteiger partial charge in [-0.05, 0) is 37.3 Å². The number of rotatable bonds is 3. The zero-order valence-corrected chi connectivity index (χ0v) is 10.6. The minimum Gasteiger partial charge on any atom is -0.399 e. The molecule has 0 atom stereocenters. The minimum absolute atomic E-state index is 0.0898. The molecule has 2 aromatic rings. The van der Waals surface area contributed by atoms with Crippen molar-refractivity contribution in [2.75, 3.05) is 11.1 Å². The van der Waals surface area contributed by atoms with E-state index in [9.17, 15) is 9.59 Å². The second-order valence-electron chi connectivity index (χ2n) is 4.12. The Bertz CT molecular complexity index is 644. The largest absolute Gasteiger partial charge is 0.399 e. The van der Waals surface area contributed by atoms with E-state index >= 15 is 0 Å². The van der Waals surface area contributed by atoms with Crippen LogP contribution in [0.3, 0.4) is 0 Å². The highest BCUT2D eigenvalue weighted by atomic mass is 16.1. The van der Waals surface area contributed by atoms with Gasteiger partial charge in [0, 0.05) is 30.1 Å². The Balaban J connectivity index is 2.19. The summed E-state index contributed by atoms with van der Waals surface area (Å²) in [5.74, 6) is -0.235. The molecule has 0 aliphatic heterocycles. The van der Waals surface area contributed by atoms with Gasteiger partial charge in [0.1, 0.15) is 0 Å². The molecule has 1 aromatic heterocycles. The highest BCUT2D eigenvalue weighted by Crippen LogP contribution is 2.09. The Morgan fingerprint density at radius 2 is 1.89 bits per heavy atom. The number of benzene rings is 1. The van der Waals surface area contributed by atoms with E-state index in [4.69, 9.17) is 5.73 Å². The first kappa shape index (κ1) is 12.9. The molecule has 2 rings (SSSR count). The number of nitrogens with zero attached hydrogens (tertiary/aromatic N) is 1. The molecule has 0 saturated heterocycles. The van der Waals surface area contributed by atoms with E-state index in [2.05, 4.69) is 5.32 Å². The lowest BCUT2D eigenvalue weighted by molar-refractivity contribution is 0.102. The lowest BCUT2D eigenvalue weighted by Gasteiger charge is -2.08. The van der Waals surface area contributed by atoms with E-state index < -0.39 is 0 Å². The van der Waals surface area contributed by atoms with Crippen LogP contribution in [0, 0.1) is 0 Å². The maximum Gasteiger partial charge on any atom is 0.255 e. The lowest BCUT2D eigenvalue weighted by atomic mass is 10.2. The number of nitrogens with one attached hydrogen (secondary N) is 1. The van der Waals surface area contributed by atoms with Crippen molar-refractivity contribution in [3.63, 3.8) is 0 Å². The third-order valence-corrected chi connectivity index (χ3v) is 2.75. The second-order valence-corrected chi connectivity index (χ2v) is 4.12. The van der Waals surface area contributed by atoms with Gasteiger partial charge >= 0.3 is 0 Å². The average Bonchev–Trinajstić information content (AvgIpc) is 2.41. The fraction of sp³-hybridized carbons (Fsp3) is 0.143. The van der Waals surface area contributed by atoms with E-state index in [0.717, 1.165) is 0 Å². The van der Waals surface area contributed by atoms with Crippen molar-refractivity contribution >= 4 is 17.3 Å². The van der Waals surface area contributed by atoms with Crippen LogP contribution in [-0.2, 0) is 6.54 Å². The van der Waals surface area contributed by atoms with Gasteiger partial charge in [-0.2, -0.15) is 0 Å². The lowest BCUT2D eigenvalue weighted by Crippen LogP contribution is -2.19. The summed E-state index contributed by atoms with van der Waals surface area (Å²) in [5.41, 5.74) is 7.19. The van der Waals surface area contributed by atoms with Gasteiger partial charge < -0.3 is 15.6 Å². The number of nitrogens with two attached hydrogens (primary N) is 1. The van der Waals surface area contributed by atoms with Crippen molar-refractivity contribution in [1.82, 2.24) is 4.57 Å². The number of hydrogen-bond donors (Lipinski definition) is 2. The molecule has 19 heavy (non-hydrogen) atoms. The highest BCUT2D eigenvalue weighted by Gasteiger charge is 2.06. The van der Waals surface area contributed by atoms with Crippen LogP contribution in [-0.4, -0.2) is 10.5 Å². The number of carbonyl (C=O) groups is 1. The van der Waals surface area contributed by atoms with Gasteiger partial charge in [0.15, 0.2) is 0 Å². The Morgan fingerprint density at radius 1 is 1.21 bits per heavy atom. The summed E-state index contributed by atoms with van der Waals surface area (Å²) >= 11 is 0. The van der Waals surface area contributed by atoms with Crippen LogP contribution < -0.4 is 16.6 Å². The molecular formula is C14H15N3O2. The number of amides is 1. The monoisotopic (exact) mass is 257 g/mol. The first-order valence-corrected chi connectivity index (χ1v) is 5.97. The topological polar surface area (TPSA) is 77.1 Å². The SMILES string of the molecule is CCn1cc(NC(=O)c2ccc(N)cc2)ccc1=O. The summed E-state index contributed by atoms with van der Waals surface area (Å²) in [6, 6.07) is 9.66. The molecule has 0 aliphatic carbocycles. The zero-order chi connectivity index (χ0) is 13.8. The molecular weight excluding hydrogens is 242 g/mol. The Morgan fingerprint density at radius 3 is 2.53 bits per heavy atom. The molecule has 1 heterocycles. The summed E-state index contributed by atoms with van der Waals surface area (Å²) in [6.07, 6.45) is 1.62. The molecule has 0 unspecified atom stereocenters. The Labute approximate surface area is 110 Å². The molecule has 1 aromatic carbocycles. The molecule has 3 N–H and O–H groups in total. The van der Waals surface area contributed by atoms with E-state index in [1.807, 2.05) is 6.92 Å². The van der Waals surface area contributed by atoms with Gasteiger partial charge in [-0.15, -0.1) is 0 Å². The summed E-state index contributed by atoms with van der Waals surface area (Å²) in [4.78, 5) is 23.4. The summed E-state index contributed by atoms with van der Waals surface area (Å²) in [7, 11) is 0. The molecule has 0 bridgehead atoms. The van der Waals surface area contributed by atoms with E-state index in [1.54, 1.807) is 36.5 Å². The van der Waals surface area contributed by atoms with Gasteiger partial charge in [-0.3, -0.25) is 9.59 Å². The van der Waals surface area contributed by atoms with Gasteiger partial charge in [0.25, 0.3) is 11.5 Å². The number of anilines is 2. The molecule has 1 amide bonds. The van der Waals surface area contributed by atoms with E-state index in [-0.39, 0.29) is 11.5 Å². The number of hydrogen-bond acceptors (Lipinski definition) is 3. The first-order valence-electron chi connectivity index (χ1n) is 5.97. The number of pyridine rings is 1. The van der Waals surface area contributed by atoms with Crippen molar-refractivity contribution in [2.45, 2.75) is 13.5 Å². The molecule has 5 nitrogen and oxygen atoms in total. The van der Waals surface area contributed by atoms with Crippen LogP contribution in [0.5, 0.6) is 0 Å². The fourth-order valence-corrected chi connectivity index (χ4v) is 1.69. The number of nitrogen functional groups attached to an aromatic ring is 1. The van der Waals surface area contributed by atoms with Gasteiger partial charge in [0.2, 0.25) is 0 Å². The Kier molecular flexibility index (Phi) is 3.66. The smallest absolute Gasteiger partial charge is 0.255 e. The maximum atomic E-state index is 12.0. The van der Waals surface area contributed by atoms with Crippen molar-refractivity contribution in [3.8, 4) is 0 Å². The highest BCUT2D eigenvalue weighted by molar-refractivity contribution is 6.04. The van der Waals surface area contributed by atoms with Crippen molar-refractivity contribution in [2.24, 2.45) is 0 Å². The normalized spacial score (nSPS) is 10.2. The molecule has 0 spiro atoms. The van der Waals surface area contributed by atoms with Gasteiger partial charge in [0.05, 0.1) is 5.69 Å². The van der Waals surface area contributed by atoms with Crippen molar-refractivity contribution < 1.29 is 4.79 Å². The molecule has 98 valence electrons. The summed E-state index contributed by atoms with van der Waals surface area (Å²) < 4.78 is 1.53. The molecule has 0 saturated carbocycles. The molecule has 0 fully saturated rings. The van der Waals surface area contributed by atoms with Crippen molar-refractivity contribution in [1.29, 1.82) is 0 Å². The third-order valence-electron chi connectivity index (χ3n) is 2.75. The number of aromatic nitrogens is 1. The van der Waals surface area contributed by atoms with Crippen LogP contribution >= 0.6 is 0 Å². The third kappa shape index (κ3) is 3.01. The van der Waals surface area contributed by atoms with Gasteiger partial charge in [-0.1, -0.05) is 0 Å². The second kappa shape index (κ2) is 5.39. The standard InChI is InChI=1S/C14H15N3O2/c1-2-17-9-12(7-8-13(17)18)16-14(19)10-3-5-11(15)6-4-10/h3-9H,2,15H2,1H3,(H,16,19). The van der Waals surface area contributed by atoms with Crippen molar-refractivity contribution in [3.05, 3.63) is 58.5 Å². The average molecular weight is 257 g/mol. The van der Waals surface area contributed by atoms with Crippen LogP contribution in [0.25, 0.3) is 0 Å². The maximum absolute atomic E-state index is 12.0. The first-order chi connectivity index (χ1) is 9.10. The molecule has 0 aliphatic rings. The predicted molar refractivity (Wildman–Crippen MR) is 75.2 cm³/mol. The van der Waals surface area contributed by atoms with Gasteiger partial charge in [-0.25, -0.2) is 0 Å². The van der Waals surface area contributed by atoms with Crippen LogP contribution in [0.2, 0.25) is 0 Å². The van der Waals surface area contributed by atoms with Crippen LogP contribution in [0.15, 0.2) is 47.4 Å². The quantitative estimate of drug-likeness (QED) is 0.822. The fourth-order valence-electron chi connectivity index (χ4n) is 1.69. The van der Waals surface area contributed by atoms with E-state index in [1.165, 1.54) is 10.6 Å². The molecule has 0 radical (unpaired) electrons. The van der Waals surface area contributed by atoms with Crippen LogP contribution in [0.1, 0.15) is 17.3 Å². The van der Waals surface area contributed by atoms with Crippen LogP contribution in [0.4, 0.5) is 11.4 Å². The summed E-state index contributed by atoms with van der Waals surface area (Å²) in [5, 5.41) is 2.74. The predicted octanol–water partition coefficient (Wildman–Crippen LogP) is 1.70. The molecule has 5 heteroatoms. The van der Waals surface area contributed by atoms with E-state index in [0.29, 0.717) is 23.5 Å².